The van der Waals surface area contributed by atoms with E-state index in [0.29, 0.717) is 11.1 Å². The van der Waals surface area contributed by atoms with Gasteiger partial charge in [-0.25, -0.2) is 14.4 Å². The molecule has 0 N–H and O–H groups in total. The highest BCUT2D eigenvalue weighted by molar-refractivity contribution is 6.31. The second kappa shape index (κ2) is 4.66. The van der Waals surface area contributed by atoms with E-state index in [9.17, 15) is 14.5 Å². The first kappa shape index (κ1) is 12.4. The number of nitrogens with zero attached hydrogens (tertiary/aromatic N) is 3. The highest BCUT2D eigenvalue weighted by Gasteiger charge is 2.23. The smallest absolute Gasteiger partial charge is 0.258 e. The molecule has 2 rings (SSSR count). The SMILES string of the molecule is Cc1ccc(F)cc1-c1ncnc(Cl)c1[N+](=O)[O-]. The van der Waals surface area contributed by atoms with Crippen molar-refractivity contribution in [3.63, 3.8) is 0 Å². The molecule has 0 aliphatic carbocycles. The standard InChI is InChI=1S/C11H7ClFN3O2/c1-6-2-3-7(13)4-8(6)9-10(16(17)18)11(12)15-5-14-9/h2-5H,1H3. The Morgan fingerprint density at radius 2 is 2.11 bits per heavy atom. The zero-order valence-corrected chi connectivity index (χ0v) is 9.98. The van der Waals surface area contributed by atoms with Gasteiger partial charge in [-0.3, -0.25) is 10.1 Å². The van der Waals surface area contributed by atoms with Gasteiger partial charge in [0.2, 0.25) is 5.15 Å². The van der Waals surface area contributed by atoms with Gasteiger partial charge in [0, 0.05) is 5.56 Å². The van der Waals surface area contributed by atoms with Crippen LogP contribution in [0.5, 0.6) is 0 Å². The van der Waals surface area contributed by atoms with Gasteiger partial charge in [-0.05, 0) is 24.6 Å². The van der Waals surface area contributed by atoms with Crippen molar-refractivity contribution in [2.24, 2.45) is 0 Å². The summed E-state index contributed by atoms with van der Waals surface area (Å²) in [6.45, 7) is 1.70. The molecule has 18 heavy (non-hydrogen) atoms. The second-order valence-corrected chi connectivity index (χ2v) is 3.94. The molecular weight excluding hydrogens is 261 g/mol. The maximum atomic E-state index is 13.2. The summed E-state index contributed by atoms with van der Waals surface area (Å²) in [5, 5.41) is 10.7. The molecule has 0 spiro atoms. The molecule has 0 aliphatic heterocycles. The minimum absolute atomic E-state index is 0.0111. The predicted octanol–water partition coefficient (Wildman–Crippen LogP) is 3.15. The summed E-state index contributed by atoms with van der Waals surface area (Å²) >= 11 is 5.68. The number of benzene rings is 1. The van der Waals surface area contributed by atoms with Gasteiger partial charge in [0.1, 0.15) is 12.1 Å². The van der Waals surface area contributed by atoms with Crippen molar-refractivity contribution in [2.45, 2.75) is 6.92 Å². The number of rotatable bonds is 2. The lowest BCUT2D eigenvalue weighted by Gasteiger charge is -2.06. The molecule has 0 atom stereocenters. The van der Waals surface area contributed by atoms with Crippen LogP contribution in [0.15, 0.2) is 24.5 Å². The third kappa shape index (κ3) is 2.14. The zero-order valence-electron chi connectivity index (χ0n) is 9.22. The van der Waals surface area contributed by atoms with Crippen LogP contribution in [0.3, 0.4) is 0 Å². The van der Waals surface area contributed by atoms with Crippen molar-refractivity contribution in [3.05, 3.63) is 51.2 Å². The van der Waals surface area contributed by atoms with Crippen LogP contribution in [0.4, 0.5) is 10.1 Å². The first-order valence-electron chi connectivity index (χ1n) is 4.92. The van der Waals surface area contributed by atoms with Crippen molar-refractivity contribution in [3.8, 4) is 11.3 Å². The van der Waals surface area contributed by atoms with E-state index < -0.39 is 16.4 Å². The Morgan fingerprint density at radius 1 is 1.39 bits per heavy atom. The number of halogens is 2. The van der Waals surface area contributed by atoms with E-state index in [4.69, 9.17) is 11.6 Å². The fraction of sp³-hybridized carbons (Fsp3) is 0.0909. The summed E-state index contributed by atoms with van der Waals surface area (Å²) in [7, 11) is 0. The summed E-state index contributed by atoms with van der Waals surface area (Å²) in [4.78, 5) is 17.7. The van der Waals surface area contributed by atoms with Crippen LogP contribution in [0.1, 0.15) is 5.56 Å². The Hall–Kier alpha value is -2.08. The summed E-state index contributed by atoms with van der Waals surface area (Å²) < 4.78 is 13.2. The highest BCUT2D eigenvalue weighted by Crippen LogP contribution is 2.34. The van der Waals surface area contributed by atoms with Gasteiger partial charge >= 0.3 is 5.69 Å². The normalized spacial score (nSPS) is 10.4. The van der Waals surface area contributed by atoms with Crippen LogP contribution in [0.25, 0.3) is 11.3 Å². The van der Waals surface area contributed by atoms with E-state index in [1.807, 2.05) is 0 Å². The summed E-state index contributed by atoms with van der Waals surface area (Å²) in [6, 6.07) is 3.97. The molecule has 7 heteroatoms. The molecule has 0 bridgehead atoms. The Balaban J connectivity index is 2.75. The molecule has 0 saturated carbocycles. The number of hydrogen-bond donors (Lipinski definition) is 0. The Bertz CT molecular complexity index is 634. The lowest BCUT2D eigenvalue weighted by molar-refractivity contribution is -0.384. The van der Waals surface area contributed by atoms with Crippen molar-refractivity contribution < 1.29 is 9.31 Å². The van der Waals surface area contributed by atoms with Crippen molar-refractivity contribution in [2.75, 3.05) is 0 Å². The van der Waals surface area contributed by atoms with Crippen LogP contribution in [-0.2, 0) is 0 Å². The third-order valence-electron chi connectivity index (χ3n) is 2.41. The number of nitro groups is 1. The molecule has 0 unspecified atom stereocenters. The monoisotopic (exact) mass is 267 g/mol. The van der Waals surface area contributed by atoms with Crippen LogP contribution < -0.4 is 0 Å². The molecule has 1 aromatic heterocycles. The molecule has 0 amide bonds. The predicted molar refractivity (Wildman–Crippen MR) is 63.8 cm³/mol. The lowest BCUT2D eigenvalue weighted by atomic mass is 10.0. The quantitative estimate of drug-likeness (QED) is 0.476. The second-order valence-electron chi connectivity index (χ2n) is 3.58. The van der Waals surface area contributed by atoms with Crippen molar-refractivity contribution in [1.29, 1.82) is 0 Å². The highest BCUT2D eigenvalue weighted by atomic mass is 35.5. The minimum Gasteiger partial charge on any atom is -0.258 e. The van der Waals surface area contributed by atoms with Crippen LogP contribution >= 0.6 is 11.6 Å². The van der Waals surface area contributed by atoms with Gasteiger partial charge in [-0.1, -0.05) is 17.7 Å². The van der Waals surface area contributed by atoms with Crippen LogP contribution in [-0.4, -0.2) is 14.9 Å². The van der Waals surface area contributed by atoms with E-state index in [1.54, 1.807) is 6.92 Å². The minimum atomic E-state index is -0.679. The maximum Gasteiger partial charge on any atom is 0.332 e. The van der Waals surface area contributed by atoms with Crippen LogP contribution in [0.2, 0.25) is 5.15 Å². The van der Waals surface area contributed by atoms with E-state index in [2.05, 4.69) is 9.97 Å². The summed E-state index contributed by atoms with van der Waals surface area (Å²) in [5.41, 5.74) is 0.574. The molecule has 0 radical (unpaired) electrons. The van der Waals surface area contributed by atoms with Gasteiger partial charge in [0.15, 0.2) is 5.69 Å². The average Bonchev–Trinajstić information content (AvgIpc) is 2.31. The molecule has 0 saturated heterocycles. The lowest BCUT2D eigenvalue weighted by Crippen LogP contribution is -1.99. The van der Waals surface area contributed by atoms with E-state index in [-0.39, 0.29) is 10.8 Å². The zero-order chi connectivity index (χ0) is 13.3. The summed E-state index contributed by atoms with van der Waals surface area (Å²) in [5.74, 6) is -0.500. The first-order valence-corrected chi connectivity index (χ1v) is 5.30. The van der Waals surface area contributed by atoms with E-state index >= 15 is 0 Å². The Kier molecular flexibility index (Phi) is 3.20. The maximum absolute atomic E-state index is 13.2. The molecule has 2 aromatic rings. The van der Waals surface area contributed by atoms with Gasteiger partial charge in [0.05, 0.1) is 4.92 Å². The molecule has 1 heterocycles. The van der Waals surface area contributed by atoms with Gasteiger partial charge in [-0.2, -0.15) is 0 Å². The number of aromatic nitrogens is 2. The topological polar surface area (TPSA) is 68.9 Å². The van der Waals surface area contributed by atoms with E-state index in [0.717, 1.165) is 6.33 Å². The van der Waals surface area contributed by atoms with Gasteiger partial charge < -0.3 is 0 Å². The first-order chi connectivity index (χ1) is 8.50. The Morgan fingerprint density at radius 3 is 2.78 bits per heavy atom. The average molecular weight is 268 g/mol. The Labute approximate surface area is 106 Å². The third-order valence-corrected chi connectivity index (χ3v) is 2.69. The van der Waals surface area contributed by atoms with Crippen LogP contribution in [0, 0.1) is 22.9 Å². The van der Waals surface area contributed by atoms with Crippen molar-refractivity contribution >= 4 is 17.3 Å². The molecule has 0 aliphatic rings. The van der Waals surface area contributed by atoms with Gasteiger partial charge in [0.25, 0.3) is 0 Å². The molecule has 92 valence electrons. The molecule has 5 nitrogen and oxygen atoms in total. The number of aryl methyl sites for hydroxylation is 1. The number of hydrogen-bond acceptors (Lipinski definition) is 4. The van der Waals surface area contributed by atoms with E-state index in [1.165, 1.54) is 18.2 Å². The van der Waals surface area contributed by atoms with Gasteiger partial charge in [-0.15, -0.1) is 0 Å². The van der Waals surface area contributed by atoms with Crippen molar-refractivity contribution in [1.82, 2.24) is 9.97 Å². The fourth-order valence-corrected chi connectivity index (χ4v) is 1.77. The molecular formula is C11H7ClFN3O2. The molecule has 1 aromatic carbocycles. The largest absolute Gasteiger partial charge is 0.332 e. The fourth-order valence-electron chi connectivity index (χ4n) is 1.57. The molecule has 0 fully saturated rings. The summed E-state index contributed by atoms with van der Waals surface area (Å²) in [6.07, 6.45) is 1.11.